The summed E-state index contributed by atoms with van der Waals surface area (Å²) in [5, 5.41) is 16.5. The number of amides is 1. The van der Waals surface area contributed by atoms with Gasteiger partial charge in [0.1, 0.15) is 5.75 Å². The van der Waals surface area contributed by atoms with Gasteiger partial charge in [0.15, 0.2) is 6.61 Å². The third kappa shape index (κ3) is 5.58. The number of nitrogens with two attached hydrogens (primary N) is 1. The first-order valence-corrected chi connectivity index (χ1v) is 9.35. The summed E-state index contributed by atoms with van der Waals surface area (Å²) in [4.78, 5) is 12.0. The summed E-state index contributed by atoms with van der Waals surface area (Å²) in [7, 11) is -3.74. The van der Waals surface area contributed by atoms with Crippen LogP contribution in [0.2, 0.25) is 0 Å². The fourth-order valence-electron chi connectivity index (χ4n) is 2.26. The van der Waals surface area contributed by atoms with Crippen molar-refractivity contribution in [3.8, 4) is 11.8 Å². The van der Waals surface area contributed by atoms with Crippen molar-refractivity contribution in [3.05, 3.63) is 59.7 Å². The van der Waals surface area contributed by atoms with E-state index in [-0.39, 0.29) is 23.5 Å². The number of hydrogen-bond donors (Lipinski definition) is 2. The lowest BCUT2D eigenvalue weighted by atomic mass is 10.1. The van der Waals surface area contributed by atoms with E-state index in [1.807, 2.05) is 0 Å². The minimum Gasteiger partial charge on any atom is -0.484 e. The molecule has 0 saturated carbocycles. The lowest BCUT2D eigenvalue weighted by Gasteiger charge is -2.15. The van der Waals surface area contributed by atoms with Gasteiger partial charge in [-0.05, 0) is 42.3 Å². The third-order valence-electron chi connectivity index (χ3n) is 3.66. The maximum Gasteiger partial charge on any atom is 0.258 e. The molecule has 0 fully saturated rings. The number of hydrogen-bond acceptors (Lipinski definition) is 5. The van der Waals surface area contributed by atoms with Crippen LogP contribution in [0.25, 0.3) is 0 Å². The van der Waals surface area contributed by atoms with Crippen molar-refractivity contribution in [3.63, 3.8) is 0 Å². The minimum absolute atomic E-state index is 0.0166. The van der Waals surface area contributed by atoms with Crippen LogP contribution in [-0.2, 0) is 21.2 Å². The van der Waals surface area contributed by atoms with E-state index in [1.165, 1.54) is 12.1 Å². The van der Waals surface area contributed by atoms with Crippen LogP contribution in [-0.4, -0.2) is 20.9 Å². The van der Waals surface area contributed by atoms with E-state index >= 15 is 0 Å². The second kappa shape index (κ2) is 8.47. The van der Waals surface area contributed by atoms with Gasteiger partial charge in [0.25, 0.3) is 5.91 Å². The fraction of sp³-hybridized carbons (Fsp3) is 0.222. The van der Waals surface area contributed by atoms with E-state index in [2.05, 4.69) is 11.4 Å². The molecule has 0 aliphatic rings. The zero-order valence-corrected chi connectivity index (χ0v) is 15.0. The molecular formula is C18H19N3O4S. The SMILES string of the molecule is CC(NC(=O)COc1ccc(CC#N)cc1)c1ccc(S(N)(=O)=O)cc1. The largest absolute Gasteiger partial charge is 0.484 e. The fourth-order valence-corrected chi connectivity index (χ4v) is 2.77. The van der Waals surface area contributed by atoms with Crippen molar-refractivity contribution in [1.29, 1.82) is 5.26 Å². The number of nitrogens with one attached hydrogen (secondary N) is 1. The lowest BCUT2D eigenvalue weighted by Crippen LogP contribution is -2.31. The Hall–Kier alpha value is -2.89. The number of nitriles is 1. The van der Waals surface area contributed by atoms with E-state index in [0.29, 0.717) is 12.2 Å². The predicted molar refractivity (Wildman–Crippen MR) is 95.6 cm³/mol. The van der Waals surface area contributed by atoms with Gasteiger partial charge in [0.05, 0.1) is 23.4 Å². The number of rotatable bonds is 7. The van der Waals surface area contributed by atoms with Crippen LogP contribution in [0.4, 0.5) is 0 Å². The van der Waals surface area contributed by atoms with Gasteiger partial charge in [0.2, 0.25) is 10.0 Å². The number of nitrogens with zero attached hydrogens (tertiary/aromatic N) is 1. The number of ether oxygens (including phenoxy) is 1. The van der Waals surface area contributed by atoms with E-state index in [1.54, 1.807) is 43.3 Å². The molecule has 0 aliphatic carbocycles. The van der Waals surface area contributed by atoms with Crippen LogP contribution in [0.15, 0.2) is 53.4 Å². The monoisotopic (exact) mass is 373 g/mol. The highest BCUT2D eigenvalue weighted by Gasteiger charge is 2.12. The molecule has 0 heterocycles. The zero-order chi connectivity index (χ0) is 19.2. The Labute approximate surface area is 152 Å². The molecular weight excluding hydrogens is 354 g/mol. The van der Waals surface area contributed by atoms with Crippen LogP contribution in [0, 0.1) is 11.3 Å². The molecule has 1 unspecified atom stereocenters. The Morgan fingerprint density at radius 2 is 1.81 bits per heavy atom. The Morgan fingerprint density at radius 3 is 2.35 bits per heavy atom. The molecule has 26 heavy (non-hydrogen) atoms. The Kier molecular flexibility index (Phi) is 6.33. The van der Waals surface area contributed by atoms with Crippen LogP contribution in [0.5, 0.6) is 5.75 Å². The second-order valence-electron chi connectivity index (χ2n) is 5.67. The molecule has 1 amide bonds. The second-order valence-corrected chi connectivity index (χ2v) is 7.23. The number of sulfonamides is 1. The maximum atomic E-state index is 12.0. The number of primary sulfonamides is 1. The first-order chi connectivity index (χ1) is 12.3. The van der Waals surface area contributed by atoms with Gasteiger partial charge in [-0.1, -0.05) is 24.3 Å². The third-order valence-corrected chi connectivity index (χ3v) is 4.59. The molecule has 2 rings (SSSR count). The summed E-state index contributed by atoms with van der Waals surface area (Å²) >= 11 is 0. The molecule has 0 aromatic heterocycles. The molecule has 0 saturated heterocycles. The van der Waals surface area contributed by atoms with Crippen LogP contribution >= 0.6 is 0 Å². The number of benzene rings is 2. The molecule has 0 aliphatic heterocycles. The first kappa shape index (κ1) is 19.4. The molecule has 8 heteroatoms. The van der Waals surface area contributed by atoms with Crippen molar-refractivity contribution in [2.45, 2.75) is 24.3 Å². The maximum absolute atomic E-state index is 12.0. The van der Waals surface area contributed by atoms with Crippen molar-refractivity contribution < 1.29 is 17.9 Å². The summed E-state index contributed by atoms with van der Waals surface area (Å²) < 4.78 is 27.9. The predicted octanol–water partition coefficient (Wildman–Crippen LogP) is 1.66. The molecule has 0 spiro atoms. The highest BCUT2D eigenvalue weighted by molar-refractivity contribution is 7.89. The zero-order valence-electron chi connectivity index (χ0n) is 14.2. The smallest absolute Gasteiger partial charge is 0.258 e. The van der Waals surface area contributed by atoms with Crippen LogP contribution < -0.4 is 15.2 Å². The topological polar surface area (TPSA) is 122 Å². The molecule has 0 radical (unpaired) electrons. The van der Waals surface area contributed by atoms with Crippen molar-refractivity contribution in [2.75, 3.05) is 6.61 Å². The van der Waals surface area contributed by atoms with Crippen molar-refractivity contribution >= 4 is 15.9 Å². The molecule has 3 N–H and O–H groups in total. The first-order valence-electron chi connectivity index (χ1n) is 7.80. The van der Waals surface area contributed by atoms with Crippen LogP contribution in [0.3, 0.4) is 0 Å². The molecule has 136 valence electrons. The van der Waals surface area contributed by atoms with Crippen molar-refractivity contribution in [2.24, 2.45) is 5.14 Å². The van der Waals surface area contributed by atoms with Gasteiger partial charge < -0.3 is 10.1 Å². The van der Waals surface area contributed by atoms with Crippen molar-refractivity contribution in [1.82, 2.24) is 5.32 Å². The van der Waals surface area contributed by atoms with Gasteiger partial charge in [-0.15, -0.1) is 0 Å². The molecule has 2 aromatic carbocycles. The van der Waals surface area contributed by atoms with E-state index in [9.17, 15) is 13.2 Å². The number of carbonyl (C=O) groups is 1. The van der Waals surface area contributed by atoms with Gasteiger partial charge >= 0.3 is 0 Å². The molecule has 1 atom stereocenters. The summed E-state index contributed by atoms with van der Waals surface area (Å²) in [5.74, 6) is 0.223. The Bertz CT molecular complexity index is 901. The minimum atomic E-state index is -3.74. The highest BCUT2D eigenvalue weighted by atomic mass is 32.2. The Balaban J connectivity index is 1.87. The average molecular weight is 373 g/mol. The van der Waals surface area contributed by atoms with Gasteiger partial charge in [-0.2, -0.15) is 5.26 Å². The summed E-state index contributed by atoms with van der Waals surface area (Å²) in [6, 6.07) is 14.7. The van der Waals surface area contributed by atoms with E-state index in [4.69, 9.17) is 15.1 Å². The summed E-state index contributed by atoms with van der Waals surface area (Å²) in [6.45, 7) is 1.62. The quantitative estimate of drug-likeness (QED) is 0.764. The summed E-state index contributed by atoms with van der Waals surface area (Å²) in [5.41, 5.74) is 1.62. The Morgan fingerprint density at radius 1 is 1.19 bits per heavy atom. The molecule has 7 nitrogen and oxygen atoms in total. The molecule has 2 aromatic rings. The van der Waals surface area contributed by atoms with E-state index in [0.717, 1.165) is 11.1 Å². The van der Waals surface area contributed by atoms with E-state index < -0.39 is 10.0 Å². The van der Waals surface area contributed by atoms with Gasteiger partial charge in [0, 0.05) is 0 Å². The highest BCUT2D eigenvalue weighted by Crippen LogP contribution is 2.16. The normalized spacial score (nSPS) is 12.0. The molecule has 0 bridgehead atoms. The standard InChI is InChI=1S/C18H19N3O4S/c1-13(15-4-8-17(9-5-15)26(20,23)24)21-18(22)12-25-16-6-2-14(3-7-16)10-11-19/h2-9,13H,10,12H2,1H3,(H,21,22)(H2,20,23,24). The van der Waals surface area contributed by atoms with Crippen LogP contribution in [0.1, 0.15) is 24.1 Å². The van der Waals surface area contributed by atoms with Gasteiger partial charge in [-0.25, -0.2) is 13.6 Å². The lowest BCUT2D eigenvalue weighted by molar-refractivity contribution is -0.123. The van der Waals surface area contributed by atoms with Gasteiger partial charge in [-0.3, -0.25) is 4.79 Å². The average Bonchev–Trinajstić information content (AvgIpc) is 2.61. The summed E-state index contributed by atoms with van der Waals surface area (Å²) in [6.07, 6.45) is 0.322. The number of carbonyl (C=O) groups excluding carboxylic acids is 1.